The smallest absolute Gasteiger partial charge is 0.391 e. The second-order valence-electron chi connectivity index (χ2n) is 2.89. The molecule has 4 heteroatoms. The van der Waals surface area contributed by atoms with Gasteiger partial charge in [0.15, 0.2) is 16.9 Å². The molecule has 0 aliphatic carbocycles. The minimum absolute atomic E-state index is 0.00995. The fraction of sp³-hybridized carbons (Fsp3) is 0.200. The first-order valence-electron chi connectivity index (χ1n) is 4.27. The molecule has 0 spiro atoms. The Balaban J connectivity index is 2.61. The van der Waals surface area contributed by atoms with E-state index in [-0.39, 0.29) is 5.78 Å². The van der Waals surface area contributed by atoms with Gasteiger partial charge in [0.25, 0.3) is 0 Å². The van der Waals surface area contributed by atoms with E-state index in [1.807, 2.05) is 0 Å². The van der Waals surface area contributed by atoms with Gasteiger partial charge in [-0.3, -0.25) is 4.79 Å². The first-order chi connectivity index (χ1) is 6.70. The molecule has 14 heavy (non-hydrogen) atoms. The summed E-state index contributed by atoms with van der Waals surface area (Å²) in [6.07, 6.45) is 0.424. The molecule has 0 fully saturated rings. The average Bonchev–Trinajstić information content (AvgIpc) is 2.55. The fourth-order valence-corrected chi connectivity index (χ4v) is 1.25. The number of benzene rings is 1. The van der Waals surface area contributed by atoms with E-state index in [9.17, 15) is 9.59 Å². The highest BCUT2D eigenvalue weighted by Crippen LogP contribution is 2.15. The summed E-state index contributed by atoms with van der Waals surface area (Å²) in [4.78, 5) is 22.0. The summed E-state index contributed by atoms with van der Waals surface area (Å²) >= 11 is 0. The lowest BCUT2D eigenvalue weighted by atomic mass is 10.1. The fourth-order valence-electron chi connectivity index (χ4n) is 1.25. The molecular formula is C10H8O4. The van der Waals surface area contributed by atoms with E-state index in [0.29, 0.717) is 23.2 Å². The highest BCUT2D eigenvalue weighted by molar-refractivity contribution is 5.98. The first-order valence-corrected chi connectivity index (χ1v) is 4.27. The maximum Gasteiger partial charge on any atom is 0.519 e. The Hall–Kier alpha value is -1.84. The molecule has 0 aliphatic rings. The van der Waals surface area contributed by atoms with Gasteiger partial charge in [-0.1, -0.05) is 6.92 Å². The van der Waals surface area contributed by atoms with Crippen molar-refractivity contribution in [3.05, 3.63) is 34.4 Å². The summed E-state index contributed by atoms with van der Waals surface area (Å²) in [5, 5.41) is 0. The van der Waals surface area contributed by atoms with Crippen molar-refractivity contribution in [1.82, 2.24) is 0 Å². The van der Waals surface area contributed by atoms with Crippen LogP contribution in [0.5, 0.6) is 0 Å². The molecule has 0 radical (unpaired) electrons. The van der Waals surface area contributed by atoms with Crippen molar-refractivity contribution in [2.45, 2.75) is 13.3 Å². The molecule has 2 aromatic rings. The molecule has 4 nitrogen and oxygen atoms in total. The molecule has 0 atom stereocenters. The maximum absolute atomic E-state index is 11.3. The van der Waals surface area contributed by atoms with Crippen molar-refractivity contribution in [2.24, 2.45) is 0 Å². The summed E-state index contributed by atoms with van der Waals surface area (Å²) < 4.78 is 9.43. The summed E-state index contributed by atoms with van der Waals surface area (Å²) in [7, 11) is 0. The Labute approximate surface area is 79.1 Å². The lowest BCUT2D eigenvalue weighted by Crippen LogP contribution is -1.94. The average molecular weight is 192 g/mol. The van der Waals surface area contributed by atoms with Crippen molar-refractivity contribution >= 4 is 16.9 Å². The van der Waals surface area contributed by atoms with Crippen LogP contribution >= 0.6 is 0 Å². The van der Waals surface area contributed by atoms with Crippen LogP contribution < -0.4 is 5.82 Å². The molecule has 2 rings (SSSR count). The van der Waals surface area contributed by atoms with Crippen LogP contribution in [0.1, 0.15) is 23.7 Å². The number of carbonyl (C=O) groups is 1. The predicted octanol–water partition coefficient (Wildman–Crippen LogP) is 1.98. The number of carbonyl (C=O) groups excluding carboxylic acids is 1. The van der Waals surface area contributed by atoms with Gasteiger partial charge in [-0.25, -0.2) is 4.79 Å². The lowest BCUT2D eigenvalue weighted by molar-refractivity contribution is 0.0988. The minimum Gasteiger partial charge on any atom is -0.391 e. The Morgan fingerprint density at radius 1 is 1.29 bits per heavy atom. The molecule has 72 valence electrons. The van der Waals surface area contributed by atoms with Gasteiger partial charge in [-0.05, 0) is 18.2 Å². The van der Waals surface area contributed by atoms with E-state index < -0.39 is 5.82 Å². The SMILES string of the molecule is CCC(=O)c1ccc2oc(=O)oc2c1. The summed E-state index contributed by atoms with van der Waals surface area (Å²) in [5.74, 6) is -0.739. The van der Waals surface area contributed by atoms with Crippen molar-refractivity contribution in [3.8, 4) is 0 Å². The van der Waals surface area contributed by atoms with Crippen molar-refractivity contribution < 1.29 is 13.6 Å². The number of ketones is 1. The normalized spacial score (nSPS) is 10.6. The van der Waals surface area contributed by atoms with Crippen molar-refractivity contribution in [1.29, 1.82) is 0 Å². The standard InChI is InChI=1S/C10H8O4/c1-2-7(11)6-3-4-8-9(5-6)14-10(12)13-8/h3-5H,2H2,1H3. The van der Waals surface area contributed by atoms with Crippen LogP contribution in [0.4, 0.5) is 0 Å². The first kappa shape index (κ1) is 8.74. The minimum atomic E-state index is -0.749. The predicted molar refractivity (Wildman–Crippen MR) is 49.4 cm³/mol. The topological polar surface area (TPSA) is 60.4 Å². The molecule has 0 aliphatic heterocycles. The third kappa shape index (κ3) is 1.35. The third-order valence-electron chi connectivity index (χ3n) is 1.97. The highest BCUT2D eigenvalue weighted by atomic mass is 16.6. The van der Waals surface area contributed by atoms with Crippen molar-refractivity contribution in [3.63, 3.8) is 0 Å². The maximum atomic E-state index is 11.3. The molecule has 1 heterocycles. The van der Waals surface area contributed by atoms with E-state index in [0.717, 1.165) is 0 Å². The Bertz CT molecular complexity index is 532. The molecule has 0 unspecified atom stereocenters. The van der Waals surface area contributed by atoms with E-state index in [1.54, 1.807) is 19.1 Å². The van der Waals surface area contributed by atoms with Crippen LogP contribution in [-0.4, -0.2) is 5.78 Å². The van der Waals surface area contributed by atoms with E-state index in [4.69, 9.17) is 8.83 Å². The van der Waals surface area contributed by atoms with Gasteiger partial charge in [-0.2, -0.15) is 0 Å². The number of hydrogen-bond donors (Lipinski definition) is 0. The molecule has 0 saturated carbocycles. The van der Waals surface area contributed by atoms with Gasteiger partial charge in [-0.15, -0.1) is 0 Å². The van der Waals surface area contributed by atoms with E-state index in [1.165, 1.54) is 6.07 Å². The zero-order chi connectivity index (χ0) is 10.1. The van der Waals surface area contributed by atoms with Gasteiger partial charge >= 0.3 is 5.82 Å². The van der Waals surface area contributed by atoms with Gasteiger partial charge in [0.2, 0.25) is 0 Å². The van der Waals surface area contributed by atoms with Crippen LogP contribution in [-0.2, 0) is 0 Å². The van der Waals surface area contributed by atoms with Crippen LogP contribution in [0, 0.1) is 0 Å². The second-order valence-corrected chi connectivity index (χ2v) is 2.89. The molecule has 0 N–H and O–H groups in total. The molecule has 1 aromatic heterocycles. The van der Waals surface area contributed by atoms with Crippen LogP contribution in [0.2, 0.25) is 0 Å². The highest BCUT2D eigenvalue weighted by Gasteiger charge is 2.08. The van der Waals surface area contributed by atoms with Gasteiger partial charge < -0.3 is 8.83 Å². The second kappa shape index (κ2) is 3.14. The van der Waals surface area contributed by atoms with Gasteiger partial charge in [0.05, 0.1) is 0 Å². The molecule has 0 bridgehead atoms. The Kier molecular flexibility index (Phi) is 1.96. The van der Waals surface area contributed by atoms with E-state index in [2.05, 4.69) is 0 Å². The summed E-state index contributed by atoms with van der Waals surface area (Å²) in [5.41, 5.74) is 1.21. The Morgan fingerprint density at radius 3 is 2.71 bits per heavy atom. The van der Waals surface area contributed by atoms with Crippen LogP contribution in [0.15, 0.2) is 31.8 Å². The third-order valence-corrected chi connectivity index (χ3v) is 1.97. The zero-order valence-corrected chi connectivity index (χ0v) is 7.57. The monoisotopic (exact) mass is 192 g/mol. The molecule has 0 amide bonds. The molecule has 0 saturated heterocycles. The van der Waals surface area contributed by atoms with Crippen molar-refractivity contribution in [2.75, 3.05) is 0 Å². The number of fused-ring (bicyclic) bond motifs is 1. The largest absolute Gasteiger partial charge is 0.519 e. The van der Waals surface area contributed by atoms with Gasteiger partial charge in [0.1, 0.15) is 0 Å². The van der Waals surface area contributed by atoms with Crippen LogP contribution in [0.25, 0.3) is 11.2 Å². The van der Waals surface area contributed by atoms with E-state index >= 15 is 0 Å². The lowest BCUT2D eigenvalue weighted by Gasteiger charge is -1.94. The Morgan fingerprint density at radius 2 is 2.00 bits per heavy atom. The number of hydrogen-bond acceptors (Lipinski definition) is 4. The zero-order valence-electron chi connectivity index (χ0n) is 7.57. The van der Waals surface area contributed by atoms with Crippen LogP contribution in [0.3, 0.4) is 0 Å². The number of Topliss-reactive ketones (excluding diaryl/α,β-unsaturated/α-hetero) is 1. The molecule has 1 aromatic carbocycles. The summed E-state index contributed by atoms with van der Waals surface area (Å²) in [6.45, 7) is 1.78. The quantitative estimate of drug-likeness (QED) is 0.682. The summed E-state index contributed by atoms with van der Waals surface area (Å²) in [6, 6.07) is 4.70. The van der Waals surface area contributed by atoms with Gasteiger partial charge in [0, 0.05) is 12.0 Å². The molecular weight excluding hydrogens is 184 g/mol. The number of rotatable bonds is 2.